The average Bonchev–Trinajstić information content (AvgIpc) is 3.04. The number of fused-ring (bicyclic) bond motifs is 1. The molecule has 1 aliphatic rings. The van der Waals surface area contributed by atoms with Crippen LogP contribution in [0, 0.1) is 0 Å². The van der Waals surface area contributed by atoms with Gasteiger partial charge in [-0.3, -0.25) is 4.90 Å². The Labute approximate surface area is 171 Å². The van der Waals surface area contributed by atoms with Gasteiger partial charge < -0.3 is 14.8 Å². The van der Waals surface area contributed by atoms with Crippen LogP contribution in [0.3, 0.4) is 0 Å². The van der Waals surface area contributed by atoms with E-state index in [2.05, 4.69) is 19.8 Å². The van der Waals surface area contributed by atoms with Crippen LogP contribution < -0.4 is 5.32 Å². The molecule has 0 radical (unpaired) electrons. The fourth-order valence-electron chi connectivity index (χ4n) is 3.62. The summed E-state index contributed by atoms with van der Waals surface area (Å²) in [6.45, 7) is 3.00. The lowest BCUT2D eigenvalue weighted by atomic mass is 10.2. The number of para-hydroxylation sites is 2. The standard InChI is InChI=1S/C21H22F3N5O/c1-27-18-8-3-2-7-17(18)26-19(27)14-28-9-11-29(12-10-28)20(30)25-16-6-4-5-15(13-16)21(22,23)24/h2-8,13H,9-12,14H2,1H3,(H,25,30). The number of aryl methyl sites for hydroxylation is 1. The van der Waals surface area contributed by atoms with Crippen molar-refractivity contribution in [3.8, 4) is 0 Å². The number of piperazine rings is 1. The number of imidazole rings is 1. The van der Waals surface area contributed by atoms with Crippen molar-refractivity contribution in [3.05, 3.63) is 59.9 Å². The summed E-state index contributed by atoms with van der Waals surface area (Å²) in [4.78, 5) is 21.0. The molecular weight excluding hydrogens is 395 g/mol. The monoisotopic (exact) mass is 417 g/mol. The molecule has 0 aliphatic carbocycles. The summed E-state index contributed by atoms with van der Waals surface area (Å²) in [7, 11) is 1.99. The van der Waals surface area contributed by atoms with Crippen molar-refractivity contribution in [2.24, 2.45) is 7.05 Å². The van der Waals surface area contributed by atoms with Gasteiger partial charge in [-0.2, -0.15) is 13.2 Å². The molecule has 2 amide bonds. The zero-order chi connectivity index (χ0) is 21.3. The highest BCUT2D eigenvalue weighted by Gasteiger charge is 2.30. The number of hydrogen-bond donors (Lipinski definition) is 1. The maximum absolute atomic E-state index is 12.8. The SMILES string of the molecule is Cn1c(CN2CCN(C(=O)Nc3cccc(C(F)(F)F)c3)CC2)nc2ccccc21. The summed E-state index contributed by atoms with van der Waals surface area (Å²) in [5.74, 6) is 0.957. The van der Waals surface area contributed by atoms with Crippen LogP contribution in [0.2, 0.25) is 0 Å². The summed E-state index contributed by atoms with van der Waals surface area (Å²) < 4.78 is 40.6. The average molecular weight is 417 g/mol. The van der Waals surface area contributed by atoms with Gasteiger partial charge in [0.05, 0.1) is 23.1 Å². The fourth-order valence-corrected chi connectivity index (χ4v) is 3.62. The first-order valence-corrected chi connectivity index (χ1v) is 9.67. The molecule has 6 nitrogen and oxygen atoms in total. The number of urea groups is 1. The smallest absolute Gasteiger partial charge is 0.330 e. The number of halogens is 3. The number of carbonyl (C=O) groups excluding carboxylic acids is 1. The number of hydrogen-bond acceptors (Lipinski definition) is 3. The van der Waals surface area contributed by atoms with Gasteiger partial charge in [0.15, 0.2) is 0 Å². The van der Waals surface area contributed by atoms with Crippen molar-refractivity contribution < 1.29 is 18.0 Å². The number of anilines is 1. The molecule has 4 rings (SSSR count). The first kappa shape index (κ1) is 20.2. The molecule has 1 saturated heterocycles. The van der Waals surface area contributed by atoms with E-state index >= 15 is 0 Å². The molecule has 9 heteroatoms. The Morgan fingerprint density at radius 1 is 1.07 bits per heavy atom. The number of amides is 2. The first-order chi connectivity index (χ1) is 14.3. The molecule has 1 aromatic heterocycles. The Morgan fingerprint density at radius 2 is 1.80 bits per heavy atom. The van der Waals surface area contributed by atoms with Gasteiger partial charge in [-0.15, -0.1) is 0 Å². The molecule has 158 valence electrons. The van der Waals surface area contributed by atoms with Gasteiger partial charge in [0.2, 0.25) is 0 Å². The van der Waals surface area contributed by atoms with Crippen LogP contribution in [0.4, 0.5) is 23.7 Å². The van der Waals surface area contributed by atoms with Gasteiger partial charge in [-0.05, 0) is 30.3 Å². The number of rotatable bonds is 3. The van der Waals surface area contributed by atoms with Crippen molar-refractivity contribution in [1.82, 2.24) is 19.4 Å². The Balaban J connectivity index is 1.34. The third-order valence-electron chi connectivity index (χ3n) is 5.35. The number of alkyl halides is 3. The molecule has 2 aromatic carbocycles. The third-order valence-corrected chi connectivity index (χ3v) is 5.35. The lowest BCUT2D eigenvalue weighted by molar-refractivity contribution is -0.137. The van der Waals surface area contributed by atoms with E-state index in [1.54, 1.807) is 4.90 Å². The highest BCUT2D eigenvalue weighted by atomic mass is 19.4. The lowest BCUT2D eigenvalue weighted by Crippen LogP contribution is -2.49. The van der Waals surface area contributed by atoms with Crippen molar-refractivity contribution in [3.63, 3.8) is 0 Å². The molecule has 30 heavy (non-hydrogen) atoms. The van der Waals surface area contributed by atoms with Gasteiger partial charge in [0.25, 0.3) is 0 Å². The maximum Gasteiger partial charge on any atom is 0.416 e. The second-order valence-electron chi connectivity index (χ2n) is 7.35. The molecule has 1 aliphatic heterocycles. The van der Waals surface area contributed by atoms with Crippen LogP contribution in [0.5, 0.6) is 0 Å². The summed E-state index contributed by atoms with van der Waals surface area (Å²) in [5.41, 5.74) is 1.38. The van der Waals surface area contributed by atoms with E-state index in [4.69, 9.17) is 0 Å². The summed E-state index contributed by atoms with van der Waals surface area (Å²) >= 11 is 0. The molecule has 0 spiro atoms. The molecule has 1 fully saturated rings. The van der Waals surface area contributed by atoms with Crippen LogP contribution in [-0.4, -0.2) is 51.6 Å². The Morgan fingerprint density at radius 3 is 2.50 bits per heavy atom. The molecule has 1 N–H and O–H groups in total. The van der Waals surface area contributed by atoms with Crippen LogP contribution in [0.1, 0.15) is 11.4 Å². The topological polar surface area (TPSA) is 53.4 Å². The second kappa shape index (κ2) is 7.98. The normalized spacial score (nSPS) is 15.5. The molecule has 0 saturated carbocycles. The second-order valence-corrected chi connectivity index (χ2v) is 7.35. The third kappa shape index (κ3) is 4.25. The number of nitrogens with one attached hydrogen (secondary N) is 1. The van der Waals surface area contributed by atoms with E-state index in [1.807, 2.05) is 31.3 Å². The number of nitrogens with zero attached hydrogens (tertiary/aromatic N) is 4. The first-order valence-electron chi connectivity index (χ1n) is 9.67. The highest BCUT2D eigenvalue weighted by Crippen LogP contribution is 2.30. The summed E-state index contributed by atoms with van der Waals surface area (Å²) in [6, 6.07) is 12.2. The van der Waals surface area contributed by atoms with E-state index in [9.17, 15) is 18.0 Å². The van der Waals surface area contributed by atoms with Crippen LogP contribution in [-0.2, 0) is 19.8 Å². The van der Waals surface area contributed by atoms with E-state index in [-0.39, 0.29) is 5.69 Å². The van der Waals surface area contributed by atoms with Gasteiger partial charge in [-0.1, -0.05) is 18.2 Å². The van der Waals surface area contributed by atoms with Crippen LogP contribution in [0.15, 0.2) is 48.5 Å². The highest BCUT2D eigenvalue weighted by molar-refractivity contribution is 5.89. The number of aromatic nitrogens is 2. The lowest BCUT2D eigenvalue weighted by Gasteiger charge is -2.34. The van der Waals surface area contributed by atoms with Crippen molar-refractivity contribution in [2.45, 2.75) is 12.7 Å². The van der Waals surface area contributed by atoms with Gasteiger partial charge in [0.1, 0.15) is 5.82 Å². The molecule has 2 heterocycles. The number of carbonyl (C=O) groups is 1. The van der Waals surface area contributed by atoms with Crippen molar-refractivity contribution >= 4 is 22.8 Å². The van der Waals surface area contributed by atoms with E-state index in [0.717, 1.165) is 29.0 Å². The maximum atomic E-state index is 12.8. The Hall–Kier alpha value is -3.07. The zero-order valence-corrected chi connectivity index (χ0v) is 16.5. The van der Waals surface area contributed by atoms with E-state index < -0.39 is 17.8 Å². The minimum Gasteiger partial charge on any atom is -0.330 e. The predicted molar refractivity (Wildman–Crippen MR) is 108 cm³/mol. The minimum atomic E-state index is -4.44. The quantitative estimate of drug-likeness (QED) is 0.702. The number of benzene rings is 2. The molecule has 3 aromatic rings. The Kier molecular flexibility index (Phi) is 5.38. The largest absolute Gasteiger partial charge is 0.416 e. The summed E-state index contributed by atoms with van der Waals surface area (Å²) in [6.07, 6.45) is -4.44. The molecule has 0 bridgehead atoms. The van der Waals surface area contributed by atoms with Crippen molar-refractivity contribution in [1.29, 1.82) is 0 Å². The van der Waals surface area contributed by atoms with Crippen LogP contribution in [0.25, 0.3) is 11.0 Å². The van der Waals surface area contributed by atoms with Crippen molar-refractivity contribution in [2.75, 3.05) is 31.5 Å². The molecular formula is C21H22F3N5O. The fraction of sp³-hybridized carbons (Fsp3) is 0.333. The zero-order valence-electron chi connectivity index (χ0n) is 16.5. The predicted octanol–water partition coefficient (Wildman–Crippen LogP) is 3.94. The Bertz CT molecular complexity index is 1050. The van der Waals surface area contributed by atoms with Gasteiger partial charge in [-0.25, -0.2) is 9.78 Å². The molecule has 0 unspecified atom stereocenters. The molecule has 0 atom stereocenters. The minimum absolute atomic E-state index is 0.136. The van der Waals surface area contributed by atoms with Crippen LogP contribution >= 0.6 is 0 Å². The van der Waals surface area contributed by atoms with E-state index in [0.29, 0.717) is 32.7 Å². The van der Waals surface area contributed by atoms with Gasteiger partial charge in [0, 0.05) is 38.9 Å². The van der Waals surface area contributed by atoms with E-state index in [1.165, 1.54) is 12.1 Å². The summed E-state index contributed by atoms with van der Waals surface area (Å²) in [5, 5.41) is 2.57. The van der Waals surface area contributed by atoms with Gasteiger partial charge >= 0.3 is 12.2 Å².